The number of hydrogen-bond donors (Lipinski definition) is 4. The Morgan fingerprint density at radius 2 is 2.05 bits per heavy atom. The number of nitrogens with one attached hydrogen (secondary N) is 1. The summed E-state index contributed by atoms with van der Waals surface area (Å²) in [5.41, 5.74) is 6.64. The second-order valence-corrected chi connectivity index (χ2v) is 5.70. The van der Waals surface area contributed by atoms with Crippen molar-refractivity contribution in [3.05, 3.63) is 34.9 Å². The van der Waals surface area contributed by atoms with E-state index < -0.39 is 12.1 Å². The zero-order chi connectivity index (χ0) is 16.7. The molecule has 5 N–H and O–H groups in total. The first kappa shape index (κ1) is 18.4. The van der Waals surface area contributed by atoms with E-state index in [0.29, 0.717) is 24.4 Å². The number of rotatable bonds is 3. The number of amides is 1. The molecule has 22 heavy (non-hydrogen) atoms. The zero-order valence-corrected chi connectivity index (χ0v) is 13.1. The van der Waals surface area contributed by atoms with Gasteiger partial charge < -0.3 is 21.3 Å². The van der Waals surface area contributed by atoms with Crippen molar-refractivity contribution in [2.75, 3.05) is 0 Å². The molecule has 0 bridgehead atoms. The molecule has 0 unspecified atom stereocenters. The Balaban J connectivity index is 0.000000541. The number of carbonyl (C=O) groups is 2. The van der Waals surface area contributed by atoms with E-state index in [9.17, 15) is 9.90 Å². The van der Waals surface area contributed by atoms with Gasteiger partial charge in [-0.05, 0) is 30.5 Å². The van der Waals surface area contributed by atoms with Crippen LogP contribution in [0.1, 0.15) is 25.3 Å². The van der Waals surface area contributed by atoms with Crippen LogP contribution in [0.25, 0.3) is 0 Å². The average Bonchev–Trinajstić information content (AvgIpc) is 2.76. The molecular formula is C15H21ClN2O4. The second kappa shape index (κ2) is 8.73. The lowest BCUT2D eigenvalue weighted by atomic mass is 10.1. The summed E-state index contributed by atoms with van der Waals surface area (Å²) >= 11 is 5.86. The van der Waals surface area contributed by atoms with E-state index in [2.05, 4.69) is 5.32 Å². The molecule has 1 amide bonds. The molecule has 0 heterocycles. The summed E-state index contributed by atoms with van der Waals surface area (Å²) < 4.78 is 0. The minimum atomic E-state index is -0.833. The van der Waals surface area contributed by atoms with Crippen molar-refractivity contribution in [3.63, 3.8) is 0 Å². The van der Waals surface area contributed by atoms with Gasteiger partial charge in [0.05, 0.1) is 6.10 Å². The van der Waals surface area contributed by atoms with Gasteiger partial charge in [-0.2, -0.15) is 0 Å². The van der Waals surface area contributed by atoms with Gasteiger partial charge in [-0.15, -0.1) is 0 Å². The first-order chi connectivity index (χ1) is 10.3. The lowest BCUT2D eigenvalue weighted by Crippen LogP contribution is -2.30. The fraction of sp³-hybridized carbons (Fsp3) is 0.467. The normalized spacial score (nSPS) is 23.4. The monoisotopic (exact) mass is 328 g/mol. The largest absolute Gasteiger partial charge is 0.481 e. The lowest BCUT2D eigenvalue weighted by molar-refractivity contribution is -0.134. The van der Waals surface area contributed by atoms with Gasteiger partial charge in [0.25, 0.3) is 5.97 Å². The van der Waals surface area contributed by atoms with Gasteiger partial charge in [-0.25, -0.2) is 0 Å². The van der Waals surface area contributed by atoms with Gasteiger partial charge >= 0.3 is 0 Å². The molecule has 122 valence electrons. The third-order valence-corrected chi connectivity index (χ3v) is 3.54. The highest BCUT2D eigenvalue weighted by Crippen LogP contribution is 2.24. The van der Waals surface area contributed by atoms with Crippen LogP contribution in [0.15, 0.2) is 24.3 Å². The fourth-order valence-corrected chi connectivity index (χ4v) is 2.46. The Bertz CT molecular complexity index is 510. The maximum atomic E-state index is 11.9. The van der Waals surface area contributed by atoms with E-state index in [1.165, 1.54) is 0 Å². The lowest BCUT2D eigenvalue weighted by Gasteiger charge is -2.10. The quantitative estimate of drug-likeness (QED) is 0.664. The third-order valence-electron chi connectivity index (χ3n) is 3.30. The number of nitrogens with two attached hydrogens (primary N) is 1. The predicted octanol–water partition coefficient (Wildman–Crippen LogP) is 1.15. The minimum Gasteiger partial charge on any atom is -0.481 e. The van der Waals surface area contributed by atoms with Crippen molar-refractivity contribution in [2.45, 2.75) is 38.5 Å². The molecule has 0 aromatic heterocycles. The maximum absolute atomic E-state index is 11.9. The number of carbonyl (C=O) groups excluding carboxylic acids is 1. The van der Waals surface area contributed by atoms with Crippen LogP contribution in [-0.2, 0) is 16.1 Å². The van der Waals surface area contributed by atoms with Gasteiger partial charge in [0.2, 0.25) is 5.91 Å². The Labute approximate surface area is 134 Å². The summed E-state index contributed by atoms with van der Waals surface area (Å²) in [6.45, 7) is 1.53. The summed E-state index contributed by atoms with van der Waals surface area (Å²) in [4.78, 5) is 20.9. The molecular weight excluding hydrogens is 308 g/mol. The number of carboxylic acid groups (broad SMARTS) is 1. The molecule has 1 fully saturated rings. The number of hydrogen-bond acceptors (Lipinski definition) is 4. The molecule has 0 radical (unpaired) electrons. The summed E-state index contributed by atoms with van der Waals surface area (Å²) in [5, 5.41) is 20.4. The molecule has 1 aliphatic carbocycles. The standard InChI is InChI=1S/C13H17ClN2O2.C2H4O2/c14-10-3-1-2-8(4-10)7-16-13(18)9-5-11(15)12(17)6-9;1-2(3)4/h1-4,9,11-12,17H,5-7,15H2,(H,16,18);1H3,(H,3,4)/t9-,11+,12+;/m0./s1. The van der Waals surface area contributed by atoms with Crippen LogP contribution < -0.4 is 11.1 Å². The molecule has 6 nitrogen and oxygen atoms in total. The van der Waals surface area contributed by atoms with Crippen LogP contribution in [0.5, 0.6) is 0 Å². The zero-order valence-electron chi connectivity index (χ0n) is 12.3. The smallest absolute Gasteiger partial charge is 0.300 e. The number of aliphatic carboxylic acids is 1. The molecule has 0 saturated heterocycles. The second-order valence-electron chi connectivity index (χ2n) is 5.27. The van der Waals surface area contributed by atoms with Crippen LogP contribution in [0.2, 0.25) is 5.02 Å². The fourth-order valence-electron chi connectivity index (χ4n) is 2.24. The van der Waals surface area contributed by atoms with Crippen LogP contribution in [0, 0.1) is 5.92 Å². The van der Waals surface area contributed by atoms with Gasteiger partial charge in [0, 0.05) is 30.5 Å². The van der Waals surface area contributed by atoms with Gasteiger partial charge in [0.1, 0.15) is 0 Å². The van der Waals surface area contributed by atoms with Gasteiger partial charge in [0.15, 0.2) is 0 Å². The summed E-state index contributed by atoms with van der Waals surface area (Å²) in [6, 6.07) is 7.07. The third kappa shape index (κ3) is 6.43. The molecule has 2 rings (SSSR count). The SMILES string of the molecule is CC(=O)O.N[C@@H]1C[C@H](C(=O)NCc2cccc(Cl)c2)C[C@H]1O. The molecule has 3 atom stereocenters. The Hall–Kier alpha value is -1.63. The van der Waals surface area contributed by atoms with E-state index in [-0.39, 0.29) is 17.9 Å². The molecule has 1 saturated carbocycles. The van der Waals surface area contributed by atoms with Crippen LogP contribution in [0.3, 0.4) is 0 Å². The Kier molecular flexibility index (Phi) is 7.31. The minimum absolute atomic E-state index is 0.0537. The van der Waals surface area contributed by atoms with E-state index in [1.54, 1.807) is 6.07 Å². The number of benzene rings is 1. The number of aliphatic hydroxyl groups excluding tert-OH is 1. The van der Waals surface area contributed by atoms with Crippen molar-refractivity contribution in [1.82, 2.24) is 5.32 Å². The highest BCUT2D eigenvalue weighted by molar-refractivity contribution is 6.30. The highest BCUT2D eigenvalue weighted by atomic mass is 35.5. The Morgan fingerprint density at radius 3 is 2.55 bits per heavy atom. The van der Waals surface area contributed by atoms with E-state index in [0.717, 1.165) is 12.5 Å². The number of aliphatic hydroxyl groups is 1. The predicted molar refractivity (Wildman–Crippen MR) is 83.3 cm³/mol. The van der Waals surface area contributed by atoms with Crippen LogP contribution in [-0.4, -0.2) is 34.2 Å². The molecule has 0 spiro atoms. The number of halogens is 1. The van der Waals surface area contributed by atoms with E-state index in [1.807, 2.05) is 18.2 Å². The number of carboxylic acids is 1. The van der Waals surface area contributed by atoms with Crippen molar-refractivity contribution >= 4 is 23.5 Å². The first-order valence-corrected chi connectivity index (χ1v) is 7.32. The van der Waals surface area contributed by atoms with E-state index >= 15 is 0 Å². The van der Waals surface area contributed by atoms with Crippen LogP contribution in [0.4, 0.5) is 0 Å². The van der Waals surface area contributed by atoms with Crippen molar-refractivity contribution in [1.29, 1.82) is 0 Å². The molecule has 1 aromatic rings. The topological polar surface area (TPSA) is 113 Å². The summed E-state index contributed by atoms with van der Waals surface area (Å²) in [7, 11) is 0. The maximum Gasteiger partial charge on any atom is 0.300 e. The summed E-state index contributed by atoms with van der Waals surface area (Å²) in [5.74, 6) is -1.07. The van der Waals surface area contributed by atoms with Gasteiger partial charge in [-0.3, -0.25) is 9.59 Å². The average molecular weight is 329 g/mol. The van der Waals surface area contributed by atoms with Crippen LogP contribution >= 0.6 is 11.6 Å². The summed E-state index contributed by atoms with van der Waals surface area (Å²) in [6.07, 6.45) is 0.428. The molecule has 1 aromatic carbocycles. The first-order valence-electron chi connectivity index (χ1n) is 6.95. The molecule has 1 aliphatic rings. The van der Waals surface area contributed by atoms with E-state index in [4.69, 9.17) is 27.2 Å². The molecule has 0 aliphatic heterocycles. The Morgan fingerprint density at radius 1 is 1.41 bits per heavy atom. The van der Waals surface area contributed by atoms with Crippen molar-refractivity contribution in [2.24, 2.45) is 11.7 Å². The van der Waals surface area contributed by atoms with Crippen molar-refractivity contribution < 1.29 is 19.8 Å². The highest BCUT2D eigenvalue weighted by Gasteiger charge is 2.34. The molecule has 7 heteroatoms. The van der Waals surface area contributed by atoms with Gasteiger partial charge in [-0.1, -0.05) is 23.7 Å². The van der Waals surface area contributed by atoms with Crippen molar-refractivity contribution in [3.8, 4) is 0 Å².